The summed E-state index contributed by atoms with van der Waals surface area (Å²) < 4.78 is 34.4. The summed E-state index contributed by atoms with van der Waals surface area (Å²) in [5, 5.41) is 121. The van der Waals surface area contributed by atoms with Crippen LogP contribution >= 0.6 is 0 Å². The van der Waals surface area contributed by atoms with E-state index in [9.17, 15) is 61.0 Å². The summed E-state index contributed by atoms with van der Waals surface area (Å²) in [6.07, 6.45) is 48.8. The lowest BCUT2D eigenvalue weighted by molar-refractivity contribution is -0.379. The minimum Gasteiger partial charge on any atom is -0.394 e. The molecule has 0 aliphatic carbocycles. The van der Waals surface area contributed by atoms with Crippen LogP contribution in [0.25, 0.3) is 0 Å². The van der Waals surface area contributed by atoms with Gasteiger partial charge in [0.05, 0.1) is 38.6 Å². The zero-order valence-corrected chi connectivity index (χ0v) is 60.0. The minimum absolute atomic E-state index is 0.234. The number of carbonyl (C=O) groups excluding carboxylic acids is 1. The SMILES string of the molecule is CC/C=C\C/C=C\C/C=C\C/C=C\CCCCCCCCCCCCCCCCCCC(=O)NC(COC1OC(CO)C(OC2OC(CO)C(OC3OC(CO)C(O)C(O)C3O)C(O)C2O)C(O)C1O)C(O)/C=C/CC/C=C/CCCCCCCCCCCCCCCCCCC. The summed E-state index contributed by atoms with van der Waals surface area (Å²) in [5.74, 6) is -0.284. The summed E-state index contributed by atoms with van der Waals surface area (Å²) in [6, 6.07) is -0.994. The molecule has 0 bridgehead atoms. The van der Waals surface area contributed by atoms with Crippen molar-refractivity contribution in [2.75, 3.05) is 26.4 Å². The van der Waals surface area contributed by atoms with Gasteiger partial charge in [0.2, 0.25) is 5.91 Å². The molecule has 17 unspecified atom stereocenters. The smallest absolute Gasteiger partial charge is 0.220 e. The second-order valence-corrected chi connectivity index (χ2v) is 27.4. The molecule has 0 saturated carbocycles. The van der Waals surface area contributed by atoms with Crippen LogP contribution in [0.3, 0.4) is 0 Å². The van der Waals surface area contributed by atoms with Gasteiger partial charge in [-0.1, -0.05) is 279 Å². The van der Waals surface area contributed by atoms with E-state index in [1.165, 1.54) is 186 Å². The number of nitrogens with one attached hydrogen (secondary N) is 1. The van der Waals surface area contributed by atoms with Crippen molar-refractivity contribution in [3.05, 3.63) is 72.9 Å². The van der Waals surface area contributed by atoms with Crippen LogP contribution in [0.15, 0.2) is 72.9 Å². The monoisotopic (exact) mass is 1380 g/mol. The van der Waals surface area contributed by atoms with Gasteiger partial charge >= 0.3 is 0 Å². The van der Waals surface area contributed by atoms with E-state index in [2.05, 4.69) is 79.9 Å². The van der Waals surface area contributed by atoms with Gasteiger partial charge < -0.3 is 89.9 Å². The molecule has 0 radical (unpaired) electrons. The molecule has 3 aliphatic rings. The van der Waals surface area contributed by atoms with Crippen molar-refractivity contribution in [2.24, 2.45) is 0 Å². The number of hydrogen-bond acceptors (Lipinski definition) is 18. The first-order valence-electron chi connectivity index (χ1n) is 38.7. The van der Waals surface area contributed by atoms with Crippen LogP contribution in [0.1, 0.15) is 284 Å². The van der Waals surface area contributed by atoms with E-state index in [0.717, 1.165) is 64.2 Å². The van der Waals surface area contributed by atoms with Crippen molar-refractivity contribution in [3.8, 4) is 0 Å². The van der Waals surface area contributed by atoms with E-state index in [4.69, 9.17) is 28.4 Å². The Morgan fingerprint density at radius 2 is 0.722 bits per heavy atom. The number of ether oxygens (including phenoxy) is 6. The second-order valence-electron chi connectivity index (χ2n) is 27.4. The van der Waals surface area contributed by atoms with E-state index in [1.54, 1.807) is 6.08 Å². The normalized spacial score (nSPS) is 27.3. The number of unbranched alkanes of at least 4 members (excludes halogenated alkanes) is 34. The number of amides is 1. The Morgan fingerprint density at radius 1 is 0.381 bits per heavy atom. The van der Waals surface area contributed by atoms with E-state index in [0.29, 0.717) is 12.8 Å². The van der Waals surface area contributed by atoms with Gasteiger partial charge in [-0.3, -0.25) is 4.79 Å². The van der Waals surface area contributed by atoms with Crippen molar-refractivity contribution in [3.63, 3.8) is 0 Å². The second kappa shape index (κ2) is 58.7. The maximum Gasteiger partial charge on any atom is 0.220 e. The van der Waals surface area contributed by atoms with Crippen molar-refractivity contribution < 1.29 is 89.4 Å². The molecule has 1 amide bonds. The third-order valence-corrected chi connectivity index (χ3v) is 19.0. The first-order chi connectivity index (χ1) is 47.3. The Kier molecular flexibility index (Phi) is 53.5. The van der Waals surface area contributed by atoms with Gasteiger partial charge in [-0.25, -0.2) is 0 Å². The lowest BCUT2D eigenvalue weighted by Gasteiger charge is -2.48. The third kappa shape index (κ3) is 39.5. The van der Waals surface area contributed by atoms with E-state index < -0.39 is 124 Å². The molecule has 19 heteroatoms. The number of allylic oxidation sites excluding steroid dienone is 11. The molecule has 3 fully saturated rings. The zero-order valence-electron chi connectivity index (χ0n) is 60.0. The van der Waals surface area contributed by atoms with Crippen molar-refractivity contribution in [1.29, 1.82) is 0 Å². The molecular formula is C78H139NO18. The Labute approximate surface area is 585 Å². The summed E-state index contributed by atoms with van der Waals surface area (Å²) >= 11 is 0. The summed E-state index contributed by atoms with van der Waals surface area (Å²) in [7, 11) is 0. The molecule has 3 saturated heterocycles. The van der Waals surface area contributed by atoms with Gasteiger partial charge in [0.15, 0.2) is 18.9 Å². The molecule has 0 aromatic heterocycles. The number of hydrogen-bond donors (Lipinski definition) is 12. The van der Waals surface area contributed by atoms with Crippen molar-refractivity contribution in [2.45, 2.75) is 388 Å². The Bertz CT molecular complexity index is 2040. The first kappa shape index (κ1) is 88.4. The fourth-order valence-corrected chi connectivity index (χ4v) is 12.8. The van der Waals surface area contributed by atoms with Crippen LogP contribution in [0, 0.1) is 0 Å². The fraction of sp³-hybridized carbons (Fsp3) is 0.833. The summed E-state index contributed by atoms with van der Waals surface area (Å²) in [6.45, 7) is 1.63. The highest BCUT2D eigenvalue weighted by molar-refractivity contribution is 5.76. The standard InChI is InChI=1S/C78H139NO18/c1-3-5-7-9-11-13-15-17-19-21-23-25-27-28-29-30-31-32-34-36-38-40-42-44-46-48-50-52-54-56-66(84)79-61(62(83)55-53-51-49-47-45-43-41-39-37-35-33-26-24-22-20-18-16-14-12-10-8-6-4-2)60-92-76-72(90)69(87)74(64(58-81)94-76)97-78-73(91)70(88)75(65(59-82)95-78)96-77-71(89)68(86)67(85)63(57-80)93-77/h5,7,11,13,17,19,23,25,45,47,53,55,61-65,67-78,80-83,85-91H,3-4,6,8-10,12,14-16,18,20-22,24,26-44,46,48-52,54,56-60H2,1-2H3,(H,79,84)/b7-5-,13-11-,19-17-,25-23-,47-45+,55-53+. The molecule has 3 aliphatic heterocycles. The molecule has 564 valence electrons. The lowest BCUT2D eigenvalue weighted by atomic mass is 9.96. The number of rotatable bonds is 60. The minimum atomic E-state index is -1.98. The summed E-state index contributed by atoms with van der Waals surface area (Å²) in [4.78, 5) is 13.5. The highest BCUT2D eigenvalue weighted by Gasteiger charge is 2.53. The molecule has 12 N–H and O–H groups in total. The Hall–Kier alpha value is -2.77. The number of aliphatic hydroxyl groups is 11. The molecule has 19 nitrogen and oxygen atoms in total. The third-order valence-electron chi connectivity index (χ3n) is 19.0. The summed E-state index contributed by atoms with van der Waals surface area (Å²) in [5.41, 5.74) is 0. The molecule has 0 aromatic rings. The predicted molar refractivity (Wildman–Crippen MR) is 383 cm³/mol. The van der Waals surface area contributed by atoms with Crippen molar-refractivity contribution >= 4 is 5.91 Å². The van der Waals surface area contributed by atoms with Crippen LogP contribution in [-0.2, 0) is 33.2 Å². The fourth-order valence-electron chi connectivity index (χ4n) is 12.8. The first-order valence-corrected chi connectivity index (χ1v) is 38.7. The van der Waals surface area contributed by atoms with Gasteiger partial charge in [0.25, 0.3) is 0 Å². The predicted octanol–water partition coefficient (Wildman–Crippen LogP) is 12.1. The van der Waals surface area contributed by atoms with E-state index in [-0.39, 0.29) is 18.9 Å². The van der Waals surface area contributed by atoms with Crippen LogP contribution < -0.4 is 5.32 Å². The van der Waals surface area contributed by atoms with Crippen LogP contribution in [-0.4, -0.2) is 193 Å². The molecule has 0 aromatic carbocycles. The average Bonchev–Trinajstić information content (AvgIpc) is 0.789. The Balaban J connectivity index is 1.40. The van der Waals surface area contributed by atoms with Gasteiger partial charge in [0, 0.05) is 6.42 Å². The molecule has 3 rings (SSSR count). The highest BCUT2D eigenvalue weighted by atomic mass is 16.8. The maximum atomic E-state index is 13.5. The van der Waals surface area contributed by atoms with Gasteiger partial charge in [-0.15, -0.1) is 0 Å². The number of aliphatic hydroxyl groups excluding tert-OH is 11. The van der Waals surface area contributed by atoms with Crippen LogP contribution in [0.5, 0.6) is 0 Å². The average molecular weight is 1380 g/mol. The van der Waals surface area contributed by atoms with Gasteiger partial charge in [-0.05, 0) is 70.6 Å². The highest BCUT2D eigenvalue weighted by Crippen LogP contribution is 2.33. The quantitative estimate of drug-likeness (QED) is 0.0199. The topological polar surface area (TPSA) is 307 Å². The maximum absolute atomic E-state index is 13.5. The molecule has 3 heterocycles. The van der Waals surface area contributed by atoms with E-state index in [1.807, 2.05) is 6.08 Å². The van der Waals surface area contributed by atoms with Crippen LogP contribution in [0.4, 0.5) is 0 Å². The molecular weight excluding hydrogens is 1240 g/mol. The largest absolute Gasteiger partial charge is 0.394 e. The van der Waals surface area contributed by atoms with Gasteiger partial charge in [-0.2, -0.15) is 0 Å². The molecule has 17 atom stereocenters. The molecule has 0 spiro atoms. The van der Waals surface area contributed by atoms with Crippen LogP contribution in [0.2, 0.25) is 0 Å². The van der Waals surface area contributed by atoms with Gasteiger partial charge in [0.1, 0.15) is 73.2 Å². The van der Waals surface area contributed by atoms with E-state index >= 15 is 0 Å². The zero-order chi connectivity index (χ0) is 70.4. The lowest BCUT2D eigenvalue weighted by Crippen LogP contribution is -2.66. The number of carbonyl (C=O) groups is 1. The molecule has 97 heavy (non-hydrogen) atoms. The Morgan fingerprint density at radius 3 is 1.15 bits per heavy atom. The van der Waals surface area contributed by atoms with Crippen molar-refractivity contribution in [1.82, 2.24) is 5.32 Å².